The minimum Gasteiger partial charge on any atom is -1.00 e. The van der Waals surface area contributed by atoms with Crippen LogP contribution in [0.15, 0.2) is 86.2 Å². The first-order valence-corrected chi connectivity index (χ1v) is 9.16. The number of nitrogens with one attached hydrogen (secondary N) is 1. The number of rotatable bonds is 3. The van der Waals surface area contributed by atoms with Gasteiger partial charge in [0.2, 0.25) is 0 Å². The lowest BCUT2D eigenvalue weighted by Crippen LogP contribution is -3.00. The summed E-state index contributed by atoms with van der Waals surface area (Å²) in [6.45, 7) is 0. The van der Waals surface area contributed by atoms with Crippen molar-refractivity contribution >= 4 is 64.9 Å². The lowest BCUT2D eigenvalue weighted by Gasteiger charge is -2.18. The molecule has 3 aromatic rings. The third-order valence-corrected chi connectivity index (χ3v) is 4.98. The van der Waals surface area contributed by atoms with E-state index in [2.05, 4.69) is 121 Å². The molecule has 0 amide bonds. The molecule has 1 nitrogen and oxygen atoms in total. The fourth-order valence-electron chi connectivity index (χ4n) is 2.35. The van der Waals surface area contributed by atoms with Crippen LogP contribution in [-0.4, -0.2) is 0 Å². The fourth-order valence-corrected chi connectivity index (χ4v) is 3.14. The van der Waals surface area contributed by atoms with Gasteiger partial charge in [-0.15, -0.1) is 0 Å². The summed E-state index contributed by atoms with van der Waals surface area (Å²) in [5.74, 6) is 0. The van der Waals surface area contributed by atoms with E-state index in [9.17, 15) is 0 Å². The summed E-state index contributed by atoms with van der Waals surface area (Å²) < 4.78 is 3.26. The first-order chi connectivity index (χ1) is 10.6. The topological polar surface area (TPSA) is 4.44 Å². The Kier molecular flexibility index (Phi) is 6.86. The number of hydrogen-bond acceptors (Lipinski definition) is 0. The van der Waals surface area contributed by atoms with Gasteiger partial charge in [0.15, 0.2) is 0 Å². The Morgan fingerprint density at radius 3 is 0.870 bits per heavy atom. The second kappa shape index (κ2) is 8.45. The number of hydrogen-bond donors (Lipinski definition) is 1. The maximum Gasteiger partial charge on any atom is 0.141 e. The van der Waals surface area contributed by atoms with Gasteiger partial charge in [0.25, 0.3) is 0 Å². The van der Waals surface area contributed by atoms with Crippen LogP contribution in [0.5, 0.6) is 0 Å². The highest BCUT2D eigenvalue weighted by atomic mass is 79.9. The van der Waals surface area contributed by atoms with E-state index in [1.165, 1.54) is 22.0 Å². The molecule has 0 aromatic heterocycles. The molecule has 1 N–H and O–H groups in total. The predicted molar refractivity (Wildman–Crippen MR) is 102 cm³/mol. The molecule has 0 heterocycles. The molecule has 0 radical (unpaired) electrons. The van der Waals surface area contributed by atoms with Crippen LogP contribution in [0.2, 0.25) is 0 Å². The van der Waals surface area contributed by atoms with E-state index >= 15 is 0 Å². The molecule has 0 fully saturated rings. The molecule has 0 bridgehead atoms. The largest absolute Gasteiger partial charge is 1.00 e. The first-order valence-electron chi connectivity index (χ1n) is 6.78. The third-order valence-electron chi connectivity index (χ3n) is 3.40. The first kappa shape index (κ1) is 18.7. The maximum atomic E-state index is 3.50. The standard InChI is InChI=1S/C18H12Br3N.ClH/c19-13-1-7-16(8-2-13)22(17-9-3-14(20)4-10-17)18-11-5-15(21)6-12-18;/h1-12H;1H. The van der Waals surface area contributed by atoms with Crippen molar-refractivity contribution in [2.75, 3.05) is 0 Å². The molecule has 0 saturated heterocycles. The van der Waals surface area contributed by atoms with Crippen molar-refractivity contribution < 1.29 is 17.3 Å². The summed E-state index contributed by atoms with van der Waals surface area (Å²) >= 11 is 10.5. The highest BCUT2D eigenvalue weighted by Crippen LogP contribution is 2.20. The van der Waals surface area contributed by atoms with Gasteiger partial charge >= 0.3 is 0 Å². The van der Waals surface area contributed by atoms with Gasteiger partial charge in [0, 0.05) is 49.8 Å². The summed E-state index contributed by atoms with van der Waals surface area (Å²) in [6, 6.07) is 25.3. The molecule has 0 unspecified atom stereocenters. The number of benzene rings is 3. The Hall–Kier alpha value is -0.650. The van der Waals surface area contributed by atoms with Crippen LogP contribution < -0.4 is 17.3 Å². The molecule has 3 rings (SSSR count). The summed E-state index contributed by atoms with van der Waals surface area (Å²) in [7, 11) is 0. The van der Waals surface area contributed by atoms with Gasteiger partial charge in [0.05, 0.1) is 0 Å². The van der Waals surface area contributed by atoms with Crippen molar-refractivity contribution in [1.29, 1.82) is 0 Å². The Morgan fingerprint density at radius 2 is 0.652 bits per heavy atom. The van der Waals surface area contributed by atoms with Crippen molar-refractivity contribution in [3.05, 3.63) is 86.2 Å². The highest BCUT2D eigenvalue weighted by Gasteiger charge is 2.18. The van der Waals surface area contributed by atoms with Gasteiger partial charge in [-0.1, -0.05) is 47.8 Å². The summed E-state index contributed by atoms with van der Waals surface area (Å²) in [4.78, 5) is 1.23. The molecular weight excluding hydrogens is 505 g/mol. The normalized spacial score (nSPS) is 10.4. The zero-order chi connectivity index (χ0) is 15.5. The van der Waals surface area contributed by atoms with Crippen LogP contribution in [0.25, 0.3) is 0 Å². The molecule has 0 atom stereocenters. The molecule has 5 heteroatoms. The van der Waals surface area contributed by atoms with Crippen LogP contribution in [0.1, 0.15) is 0 Å². The van der Waals surface area contributed by atoms with Crippen LogP contribution in [-0.2, 0) is 0 Å². The van der Waals surface area contributed by atoms with E-state index in [0.29, 0.717) is 0 Å². The van der Waals surface area contributed by atoms with E-state index in [4.69, 9.17) is 0 Å². The van der Waals surface area contributed by atoms with Gasteiger partial charge < -0.3 is 12.4 Å². The van der Waals surface area contributed by atoms with Crippen molar-refractivity contribution in [2.45, 2.75) is 0 Å². The Labute approximate surface area is 167 Å². The fraction of sp³-hybridized carbons (Fsp3) is 0. The molecule has 0 aliphatic rings. The van der Waals surface area contributed by atoms with E-state index in [1.54, 1.807) is 0 Å². The third kappa shape index (κ3) is 4.68. The number of quaternary nitrogens is 1. The average Bonchev–Trinajstić information content (AvgIpc) is 2.53. The van der Waals surface area contributed by atoms with E-state index in [-0.39, 0.29) is 12.4 Å². The van der Waals surface area contributed by atoms with Crippen molar-refractivity contribution in [3.8, 4) is 0 Å². The average molecular weight is 518 g/mol. The molecule has 0 saturated carbocycles. The second-order valence-electron chi connectivity index (χ2n) is 4.90. The molecule has 0 spiro atoms. The Balaban J connectivity index is 0.00000192. The molecule has 23 heavy (non-hydrogen) atoms. The van der Waals surface area contributed by atoms with E-state index < -0.39 is 0 Å². The molecule has 0 aliphatic heterocycles. The summed E-state index contributed by atoms with van der Waals surface area (Å²) in [5, 5.41) is 0. The van der Waals surface area contributed by atoms with Crippen LogP contribution in [0.3, 0.4) is 0 Å². The van der Waals surface area contributed by atoms with Gasteiger partial charge in [-0.2, -0.15) is 0 Å². The van der Waals surface area contributed by atoms with Crippen molar-refractivity contribution in [1.82, 2.24) is 0 Å². The predicted octanol–water partition coefficient (Wildman–Crippen LogP) is 3.16. The summed E-state index contributed by atoms with van der Waals surface area (Å²) in [5.41, 5.74) is 3.61. The van der Waals surface area contributed by atoms with Gasteiger partial charge in [-0.05, 0) is 36.4 Å². The maximum absolute atomic E-state index is 3.50. The van der Waals surface area contributed by atoms with Crippen molar-refractivity contribution in [3.63, 3.8) is 0 Å². The van der Waals surface area contributed by atoms with Crippen LogP contribution >= 0.6 is 47.8 Å². The SMILES string of the molecule is Brc1ccc([NH+](c2ccc(Br)cc2)c2ccc(Br)cc2)cc1.[Cl-]. The van der Waals surface area contributed by atoms with Gasteiger partial charge in [-0.3, -0.25) is 0 Å². The molecule has 3 aromatic carbocycles. The Bertz CT molecular complexity index is 648. The minimum atomic E-state index is 0. The highest BCUT2D eigenvalue weighted by molar-refractivity contribution is 9.11. The zero-order valence-corrected chi connectivity index (χ0v) is 17.5. The van der Waals surface area contributed by atoms with Crippen molar-refractivity contribution in [2.24, 2.45) is 0 Å². The zero-order valence-electron chi connectivity index (χ0n) is 11.9. The minimum absolute atomic E-state index is 0. The van der Waals surface area contributed by atoms with Gasteiger partial charge in [-0.25, -0.2) is 4.90 Å². The smallest absolute Gasteiger partial charge is 0.141 e. The van der Waals surface area contributed by atoms with Crippen LogP contribution in [0, 0.1) is 0 Å². The monoisotopic (exact) mass is 515 g/mol. The quantitative estimate of drug-likeness (QED) is 0.544. The summed E-state index contributed by atoms with van der Waals surface area (Å²) in [6.07, 6.45) is 0. The molecule has 118 valence electrons. The Morgan fingerprint density at radius 1 is 0.435 bits per heavy atom. The lowest BCUT2D eigenvalue weighted by atomic mass is 10.2. The van der Waals surface area contributed by atoms with Crippen LogP contribution in [0.4, 0.5) is 17.1 Å². The number of halogens is 4. The lowest BCUT2D eigenvalue weighted by molar-refractivity contribution is -0.681. The van der Waals surface area contributed by atoms with Gasteiger partial charge in [0.1, 0.15) is 17.1 Å². The van der Waals surface area contributed by atoms with E-state index in [0.717, 1.165) is 13.4 Å². The molecule has 0 aliphatic carbocycles. The van der Waals surface area contributed by atoms with E-state index in [1.807, 2.05) is 0 Å². The second-order valence-corrected chi connectivity index (χ2v) is 7.64. The molecular formula is C18H13Br3ClN.